The molecule has 1 atom stereocenters. The fourth-order valence-electron chi connectivity index (χ4n) is 3.01. The first kappa shape index (κ1) is 20.3. The van der Waals surface area contributed by atoms with Crippen molar-refractivity contribution < 1.29 is 13.2 Å². The fourth-order valence-corrected chi connectivity index (χ4v) is 6.07. The minimum absolute atomic E-state index is 0.0623. The minimum atomic E-state index is -3.51. The number of hydrogen-bond acceptors (Lipinski definition) is 5. The Balaban J connectivity index is 1.50. The van der Waals surface area contributed by atoms with Gasteiger partial charge in [-0.1, -0.05) is 41.9 Å². The van der Waals surface area contributed by atoms with Crippen LogP contribution in [0.25, 0.3) is 0 Å². The Morgan fingerprint density at radius 3 is 2.41 bits per heavy atom. The number of hydrogen-bond donors (Lipinski definition) is 1. The molecule has 1 aliphatic heterocycles. The van der Waals surface area contributed by atoms with Gasteiger partial charge in [-0.2, -0.15) is 4.31 Å². The third-order valence-electron chi connectivity index (χ3n) is 4.52. The van der Waals surface area contributed by atoms with E-state index in [9.17, 15) is 13.2 Å². The molecule has 1 unspecified atom stereocenters. The summed E-state index contributed by atoms with van der Waals surface area (Å²) in [4.78, 5) is 14.3. The van der Waals surface area contributed by atoms with Crippen molar-refractivity contribution in [3.05, 3.63) is 52.4 Å². The summed E-state index contributed by atoms with van der Waals surface area (Å²) >= 11 is 6.92. The number of piperazine rings is 1. The third kappa shape index (κ3) is 5.08. The maximum atomic E-state index is 12.6. The van der Waals surface area contributed by atoms with Crippen molar-refractivity contribution in [2.45, 2.75) is 17.2 Å². The summed E-state index contributed by atoms with van der Waals surface area (Å²) in [6.45, 7) is 3.97. The van der Waals surface area contributed by atoms with Crippen LogP contribution in [0.4, 0.5) is 0 Å². The molecular formula is C18H22ClN3O3S2. The average molecular weight is 428 g/mol. The van der Waals surface area contributed by atoms with Crippen LogP contribution in [0.2, 0.25) is 4.34 Å². The lowest BCUT2D eigenvalue weighted by molar-refractivity contribution is -0.123. The second-order valence-electron chi connectivity index (χ2n) is 6.44. The maximum absolute atomic E-state index is 12.6. The Hall–Kier alpha value is -1.45. The Labute approximate surface area is 168 Å². The average Bonchev–Trinajstić information content (AvgIpc) is 3.10. The van der Waals surface area contributed by atoms with E-state index in [1.54, 1.807) is 6.07 Å². The molecule has 1 aromatic carbocycles. The summed E-state index contributed by atoms with van der Waals surface area (Å²) in [5.74, 6) is -0.0623. The van der Waals surface area contributed by atoms with E-state index in [4.69, 9.17) is 11.6 Å². The number of carbonyl (C=O) groups is 1. The van der Waals surface area contributed by atoms with E-state index in [2.05, 4.69) is 5.32 Å². The van der Waals surface area contributed by atoms with Gasteiger partial charge in [-0.05, 0) is 24.6 Å². The van der Waals surface area contributed by atoms with Crippen molar-refractivity contribution in [1.82, 2.24) is 14.5 Å². The molecule has 1 amide bonds. The summed E-state index contributed by atoms with van der Waals surface area (Å²) in [6.07, 6.45) is 0. The molecule has 2 aromatic rings. The number of benzene rings is 1. The number of nitrogens with zero attached hydrogens (tertiary/aromatic N) is 2. The first-order valence-corrected chi connectivity index (χ1v) is 11.3. The van der Waals surface area contributed by atoms with Gasteiger partial charge in [0.2, 0.25) is 5.91 Å². The molecule has 6 nitrogen and oxygen atoms in total. The highest BCUT2D eigenvalue weighted by Crippen LogP contribution is 2.28. The fraction of sp³-hybridized carbons (Fsp3) is 0.389. The molecule has 3 rings (SSSR count). The molecular weight excluding hydrogens is 406 g/mol. The number of carbonyl (C=O) groups excluding carboxylic acids is 1. The molecule has 0 saturated carbocycles. The van der Waals surface area contributed by atoms with Crippen molar-refractivity contribution in [2.75, 3.05) is 32.7 Å². The molecule has 1 aliphatic rings. The van der Waals surface area contributed by atoms with Gasteiger partial charge in [0.15, 0.2) is 0 Å². The zero-order valence-electron chi connectivity index (χ0n) is 15.0. The summed E-state index contributed by atoms with van der Waals surface area (Å²) < 4.78 is 27.4. The zero-order chi connectivity index (χ0) is 19.4. The third-order valence-corrected chi connectivity index (χ3v) is 8.12. The molecule has 9 heteroatoms. The molecule has 1 saturated heterocycles. The molecule has 1 N–H and O–H groups in total. The van der Waals surface area contributed by atoms with Crippen molar-refractivity contribution >= 4 is 38.9 Å². The van der Waals surface area contributed by atoms with E-state index in [0.717, 1.165) is 16.9 Å². The van der Waals surface area contributed by atoms with Crippen molar-refractivity contribution in [3.63, 3.8) is 0 Å². The van der Waals surface area contributed by atoms with Gasteiger partial charge in [0.05, 0.1) is 16.9 Å². The first-order chi connectivity index (χ1) is 12.9. The normalized spacial score (nSPS) is 17.6. The predicted molar refractivity (Wildman–Crippen MR) is 108 cm³/mol. The van der Waals surface area contributed by atoms with Crippen LogP contribution in [0, 0.1) is 0 Å². The van der Waals surface area contributed by atoms with Crippen molar-refractivity contribution in [3.8, 4) is 0 Å². The summed E-state index contributed by atoms with van der Waals surface area (Å²) in [6, 6.07) is 12.8. The topological polar surface area (TPSA) is 69.7 Å². The number of sulfonamides is 1. The SMILES string of the molecule is CC(NC(=O)CN1CCN(S(=O)(=O)c2ccc(Cl)s2)CC1)c1ccccc1. The van der Waals surface area contributed by atoms with Crippen LogP contribution < -0.4 is 5.32 Å². The van der Waals surface area contributed by atoms with Crippen LogP contribution in [-0.4, -0.2) is 56.3 Å². The quantitative estimate of drug-likeness (QED) is 0.769. The second kappa shape index (κ2) is 8.70. The summed E-state index contributed by atoms with van der Waals surface area (Å²) in [5.41, 5.74) is 1.05. The van der Waals surface area contributed by atoms with Crippen molar-refractivity contribution in [2.24, 2.45) is 0 Å². The van der Waals surface area contributed by atoms with E-state index < -0.39 is 10.0 Å². The van der Waals surface area contributed by atoms with E-state index in [0.29, 0.717) is 30.5 Å². The zero-order valence-corrected chi connectivity index (χ0v) is 17.4. The summed E-state index contributed by atoms with van der Waals surface area (Å²) in [5, 5.41) is 2.99. The maximum Gasteiger partial charge on any atom is 0.252 e. The van der Waals surface area contributed by atoms with E-state index in [1.807, 2.05) is 42.2 Å². The van der Waals surface area contributed by atoms with E-state index in [1.165, 1.54) is 10.4 Å². The number of amides is 1. The lowest BCUT2D eigenvalue weighted by Crippen LogP contribution is -2.51. The van der Waals surface area contributed by atoms with Crippen LogP contribution in [0.3, 0.4) is 0 Å². The molecule has 0 bridgehead atoms. The highest BCUT2D eigenvalue weighted by atomic mass is 35.5. The predicted octanol–water partition coefficient (Wildman–Crippen LogP) is 2.59. The van der Waals surface area contributed by atoms with Crippen LogP contribution in [-0.2, 0) is 14.8 Å². The lowest BCUT2D eigenvalue weighted by atomic mass is 10.1. The number of halogens is 1. The van der Waals surface area contributed by atoms with Crippen molar-refractivity contribution in [1.29, 1.82) is 0 Å². The number of rotatable bonds is 6. The van der Waals surface area contributed by atoms with Gasteiger partial charge >= 0.3 is 0 Å². The monoisotopic (exact) mass is 427 g/mol. The highest BCUT2D eigenvalue weighted by molar-refractivity contribution is 7.91. The molecule has 0 aliphatic carbocycles. The van der Waals surface area contributed by atoms with Gasteiger partial charge < -0.3 is 5.32 Å². The van der Waals surface area contributed by atoms with Gasteiger partial charge in [0.1, 0.15) is 4.21 Å². The van der Waals surface area contributed by atoms with Gasteiger partial charge in [0, 0.05) is 26.2 Å². The van der Waals surface area contributed by atoms with Gasteiger partial charge in [-0.15, -0.1) is 11.3 Å². The molecule has 146 valence electrons. The van der Waals surface area contributed by atoms with Crippen LogP contribution in [0.1, 0.15) is 18.5 Å². The molecule has 0 radical (unpaired) electrons. The lowest BCUT2D eigenvalue weighted by Gasteiger charge is -2.33. The molecule has 1 fully saturated rings. The number of thiophene rings is 1. The van der Waals surface area contributed by atoms with E-state index >= 15 is 0 Å². The minimum Gasteiger partial charge on any atom is -0.348 e. The Morgan fingerprint density at radius 2 is 1.81 bits per heavy atom. The van der Waals surface area contributed by atoms with E-state index in [-0.39, 0.29) is 22.7 Å². The Bertz CT molecular complexity index is 878. The largest absolute Gasteiger partial charge is 0.348 e. The molecule has 27 heavy (non-hydrogen) atoms. The second-order valence-corrected chi connectivity index (χ2v) is 10.3. The van der Waals surface area contributed by atoms with Gasteiger partial charge in [0.25, 0.3) is 10.0 Å². The standard InChI is InChI=1S/C18H22ClN3O3S2/c1-14(15-5-3-2-4-6-15)20-17(23)13-21-9-11-22(12-10-21)27(24,25)18-8-7-16(19)26-18/h2-8,14H,9-13H2,1H3,(H,20,23). The van der Waals surface area contributed by atoms with Crippen LogP contribution >= 0.6 is 22.9 Å². The van der Waals surface area contributed by atoms with Crippen LogP contribution in [0.15, 0.2) is 46.7 Å². The summed E-state index contributed by atoms with van der Waals surface area (Å²) in [7, 11) is -3.51. The number of nitrogens with one attached hydrogen (secondary N) is 1. The van der Waals surface area contributed by atoms with Gasteiger partial charge in [-0.25, -0.2) is 8.42 Å². The van der Waals surface area contributed by atoms with Gasteiger partial charge in [-0.3, -0.25) is 9.69 Å². The molecule has 2 heterocycles. The Kier molecular flexibility index (Phi) is 6.54. The highest BCUT2D eigenvalue weighted by Gasteiger charge is 2.30. The molecule has 0 spiro atoms. The first-order valence-electron chi connectivity index (χ1n) is 8.68. The Morgan fingerprint density at radius 1 is 1.15 bits per heavy atom. The molecule has 1 aromatic heterocycles. The smallest absolute Gasteiger partial charge is 0.252 e. The van der Waals surface area contributed by atoms with Crippen LogP contribution in [0.5, 0.6) is 0 Å².